The normalized spacial score (nSPS) is 26.8. The third-order valence-corrected chi connectivity index (χ3v) is 5.39. The molecule has 2 aromatic rings. The van der Waals surface area contributed by atoms with Gasteiger partial charge in [0.15, 0.2) is 0 Å². The number of rotatable bonds is 3. The minimum Gasteiger partial charge on any atom is -0.393 e. The van der Waals surface area contributed by atoms with Crippen molar-refractivity contribution in [2.45, 2.75) is 56.7 Å². The maximum atomic E-state index is 12.9. The van der Waals surface area contributed by atoms with Crippen LogP contribution in [0.3, 0.4) is 0 Å². The molecular formula is C19H24N4O2. The Balaban J connectivity index is 1.53. The number of benzene rings is 1. The third-order valence-electron chi connectivity index (χ3n) is 5.39. The molecular weight excluding hydrogens is 316 g/mol. The second-order valence-corrected chi connectivity index (χ2v) is 7.08. The Kier molecular flexibility index (Phi) is 4.53. The number of aliphatic hydroxyl groups excluding tert-OH is 1. The number of carbonyl (C=O) groups is 1. The number of aliphatic hydroxyl groups is 1. The first-order chi connectivity index (χ1) is 12.2. The highest BCUT2D eigenvalue weighted by atomic mass is 16.3. The lowest BCUT2D eigenvalue weighted by molar-refractivity contribution is -0.123. The molecule has 1 atom stereocenters. The first-order valence-corrected chi connectivity index (χ1v) is 9.17. The highest BCUT2D eigenvalue weighted by molar-refractivity contribution is 5.93. The van der Waals surface area contributed by atoms with E-state index in [1.807, 2.05) is 24.3 Å². The standard InChI is InChI=1S/C19H24N4O2/c24-14-9-7-13(8-10-14)22-19(25)17-6-3-11-23(17)18-15-4-1-2-5-16(15)20-12-21-18/h1-2,4-5,12-14,17,24H,3,6-11H2,(H,22,25). The van der Waals surface area contributed by atoms with E-state index in [1.165, 1.54) is 0 Å². The molecule has 0 spiro atoms. The average Bonchev–Trinajstić information content (AvgIpc) is 3.13. The van der Waals surface area contributed by atoms with Gasteiger partial charge >= 0.3 is 0 Å². The Morgan fingerprint density at radius 1 is 1.12 bits per heavy atom. The maximum absolute atomic E-state index is 12.9. The molecule has 6 nitrogen and oxygen atoms in total. The topological polar surface area (TPSA) is 78.4 Å². The summed E-state index contributed by atoms with van der Waals surface area (Å²) in [6.45, 7) is 0.836. The van der Waals surface area contributed by atoms with Crippen molar-refractivity contribution in [1.82, 2.24) is 15.3 Å². The van der Waals surface area contributed by atoms with Crippen LogP contribution in [0.2, 0.25) is 0 Å². The second-order valence-electron chi connectivity index (χ2n) is 7.08. The number of nitrogens with zero attached hydrogens (tertiary/aromatic N) is 3. The van der Waals surface area contributed by atoms with E-state index in [2.05, 4.69) is 20.2 Å². The molecule has 1 aliphatic carbocycles. The average molecular weight is 340 g/mol. The van der Waals surface area contributed by atoms with E-state index >= 15 is 0 Å². The maximum Gasteiger partial charge on any atom is 0.242 e. The van der Waals surface area contributed by atoms with Crippen LogP contribution >= 0.6 is 0 Å². The fourth-order valence-electron chi connectivity index (χ4n) is 4.03. The fourth-order valence-corrected chi connectivity index (χ4v) is 4.03. The summed E-state index contributed by atoms with van der Waals surface area (Å²) >= 11 is 0. The number of fused-ring (bicyclic) bond motifs is 1. The first kappa shape index (κ1) is 16.3. The Bertz CT molecular complexity index is 753. The lowest BCUT2D eigenvalue weighted by Gasteiger charge is -2.30. The Morgan fingerprint density at radius 2 is 1.92 bits per heavy atom. The van der Waals surface area contributed by atoms with Gasteiger partial charge in [-0.2, -0.15) is 0 Å². The molecule has 4 rings (SSSR count). The Morgan fingerprint density at radius 3 is 2.76 bits per heavy atom. The largest absolute Gasteiger partial charge is 0.393 e. The molecule has 2 N–H and O–H groups in total. The molecule has 2 heterocycles. The van der Waals surface area contributed by atoms with Crippen molar-refractivity contribution in [3.05, 3.63) is 30.6 Å². The summed E-state index contributed by atoms with van der Waals surface area (Å²) in [5, 5.41) is 13.8. The molecule has 6 heteroatoms. The van der Waals surface area contributed by atoms with Crippen LogP contribution in [0, 0.1) is 0 Å². The van der Waals surface area contributed by atoms with Gasteiger partial charge in [0.2, 0.25) is 5.91 Å². The molecule has 1 aliphatic heterocycles. The predicted molar refractivity (Wildman–Crippen MR) is 96.3 cm³/mol. The van der Waals surface area contributed by atoms with Crippen LogP contribution in [-0.2, 0) is 4.79 Å². The van der Waals surface area contributed by atoms with E-state index in [4.69, 9.17) is 0 Å². The SMILES string of the molecule is O=C(NC1CCC(O)CC1)C1CCCN1c1ncnc2ccccc12. The van der Waals surface area contributed by atoms with Crippen molar-refractivity contribution in [2.24, 2.45) is 0 Å². The van der Waals surface area contributed by atoms with Crippen molar-refractivity contribution in [3.8, 4) is 0 Å². The highest BCUT2D eigenvalue weighted by Crippen LogP contribution is 2.30. The zero-order valence-corrected chi connectivity index (χ0v) is 14.3. The van der Waals surface area contributed by atoms with Gasteiger partial charge < -0.3 is 15.3 Å². The molecule has 1 saturated heterocycles. The van der Waals surface area contributed by atoms with Crippen LogP contribution in [0.5, 0.6) is 0 Å². The van der Waals surface area contributed by atoms with Gasteiger partial charge in [-0.3, -0.25) is 4.79 Å². The van der Waals surface area contributed by atoms with Gasteiger partial charge in [0, 0.05) is 18.0 Å². The number of amides is 1. The summed E-state index contributed by atoms with van der Waals surface area (Å²) in [4.78, 5) is 23.8. The number of hydrogen-bond acceptors (Lipinski definition) is 5. The molecule has 1 aromatic carbocycles. The van der Waals surface area contributed by atoms with Crippen molar-refractivity contribution in [3.63, 3.8) is 0 Å². The quantitative estimate of drug-likeness (QED) is 0.894. The minimum atomic E-state index is -0.205. The summed E-state index contributed by atoms with van der Waals surface area (Å²) in [6, 6.07) is 7.93. The molecule has 0 radical (unpaired) electrons. The third kappa shape index (κ3) is 3.31. The van der Waals surface area contributed by atoms with Crippen molar-refractivity contribution in [2.75, 3.05) is 11.4 Å². The number of nitrogens with one attached hydrogen (secondary N) is 1. The Labute approximate surface area is 147 Å². The fraction of sp³-hybridized carbons (Fsp3) is 0.526. The summed E-state index contributed by atoms with van der Waals surface area (Å²) in [6.07, 6.45) is 6.47. The number of anilines is 1. The van der Waals surface area contributed by atoms with Crippen molar-refractivity contribution < 1.29 is 9.90 Å². The van der Waals surface area contributed by atoms with Crippen LogP contribution in [0.1, 0.15) is 38.5 Å². The highest BCUT2D eigenvalue weighted by Gasteiger charge is 2.34. The first-order valence-electron chi connectivity index (χ1n) is 9.17. The summed E-state index contributed by atoms with van der Waals surface area (Å²) in [5.41, 5.74) is 0.903. The van der Waals surface area contributed by atoms with Crippen molar-refractivity contribution >= 4 is 22.6 Å². The van der Waals surface area contributed by atoms with Crippen LogP contribution in [0.25, 0.3) is 10.9 Å². The smallest absolute Gasteiger partial charge is 0.242 e. The molecule has 1 amide bonds. The van der Waals surface area contributed by atoms with Gasteiger partial charge in [0.25, 0.3) is 0 Å². The summed E-state index contributed by atoms with van der Waals surface area (Å²) in [5.74, 6) is 0.934. The number of aromatic nitrogens is 2. The Hall–Kier alpha value is -2.21. The lowest BCUT2D eigenvalue weighted by atomic mass is 9.93. The van der Waals surface area contributed by atoms with E-state index in [9.17, 15) is 9.90 Å². The predicted octanol–water partition coefficient (Wildman–Crippen LogP) is 2.02. The summed E-state index contributed by atoms with van der Waals surface area (Å²) < 4.78 is 0. The molecule has 0 bridgehead atoms. The molecule has 25 heavy (non-hydrogen) atoms. The van der Waals surface area contributed by atoms with Gasteiger partial charge in [-0.15, -0.1) is 0 Å². The van der Waals surface area contributed by atoms with E-state index in [0.717, 1.165) is 61.8 Å². The zero-order valence-electron chi connectivity index (χ0n) is 14.3. The molecule has 1 unspecified atom stereocenters. The van der Waals surface area contributed by atoms with E-state index < -0.39 is 0 Å². The molecule has 132 valence electrons. The van der Waals surface area contributed by atoms with Gasteiger partial charge in [-0.25, -0.2) is 9.97 Å². The lowest BCUT2D eigenvalue weighted by Crippen LogP contribution is -2.48. The van der Waals surface area contributed by atoms with Crippen LogP contribution < -0.4 is 10.2 Å². The van der Waals surface area contributed by atoms with Crippen LogP contribution in [0.4, 0.5) is 5.82 Å². The number of para-hydroxylation sites is 1. The summed E-state index contributed by atoms with van der Waals surface area (Å²) in [7, 11) is 0. The number of hydrogen-bond donors (Lipinski definition) is 2. The van der Waals surface area contributed by atoms with Gasteiger partial charge in [-0.05, 0) is 50.7 Å². The van der Waals surface area contributed by atoms with E-state index in [-0.39, 0.29) is 24.1 Å². The van der Waals surface area contributed by atoms with Crippen LogP contribution in [0.15, 0.2) is 30.6 Å². The monoisotopic (exact) mass is 340 g/mol. The molecule has 1 saturated carbocycles. The molecule has 1 aromatic heterocycles. The van der Waals surface area contributed by atoms with Gasteiger partial charge in [-0.1, -0.05) is 12.1 Å². The minimum absolute atomic E-state index is 0.0848. The molecule has 2 aliphatic rings. The van der Waals surface area contributed by atoms with E-state index in [1.54, 1.807) is 6.33 Å². The van der Waals surface area contributed by atoms with Crippen LogP contribution in [-0.4, -0.2) is 45.7 Å². The van der Waals surface area contributed by atoms with Crippen molar-refractivity contribution in [1.29, 1.82) is 0 Å². The molecule has 2 fully saturated rings. The number of carbonyl (C=O) groups excluding carboxylic acids is 1. The van der Waals surface area contributed by atoms with Gasteiger partial charge in [0.1, 0.15) is 18.2 Å². The van der Waals surface area contributed by atoms with E-state index in [0.29, 0.717) is 0 Å². The zero-order chi connectivity index (χ0) is 17.2. The van der Waals surface area contributed by atoms with Gasteiger partial charge in [0.05, 0.1) is 11.6 Å². The second kappa shape index (κ2) is 6.96.